The molecule has 0 bridgehead atoms. The fraction of sp³-hybridized carbons (Fsp3) is 0.526. The van der Waals surface area contributed by atoms with Crippen molar-refractivity contribution in [1.82, 2.24) is 10.2 Å². The zero-order valence-electron chi connectivity index (χ0n) is 15.0. The molecule has 1 saturated heterocycles. The molecular weight excluding hydrogens is 320 g/mol. The molecule has 0 spiro atoms. The van der Waals surface area contributed by atoms with Crippen molar-refractivity contribution in [1.29, 1.82) is 0 Å². The van der Waals surface area contributed by atoms with E-state index in [1.54, 1.807) is 0 Å². The minimum atomic E-state index is -0.902. The molecule has 6 heteroatoms. The Hall–Kier alpha value is -2.37. The molecule has 1 aromatic rings. The first-order valence-corrected chi connectivity index (χ1v) is 8.49. The number of carbonyl (C=O) groups excluding carboxylic acids is 2. The standard InChI is InChI=1S/C19H26N2O4/c1-19(2,3)9-16(22)20-10-17(23)21-11-14(15(12-21)18(24)25)13-7-5-4-6-8-13/h4-8,14-15H,9-12H2,1-3H3,(H,20,22)(H,24,25). The summed E-state index contributed by atoms with van der Waals surface area (Å²) in [5.74, 6) is -2.17. The van der Waals surface area contributed by atoms with E-state index in [9.17, 15) is 19.5 Å². The Morgan fingerprint density at radius 3 is 2.36 bits per heavy atom. The van der Waals surface area contributed by atoms with Crippen LogP contribution in [0.1, 0.15) is 38.7 Å². The number of nitrogens with one attached hydrogen (secondary N) is 1. The van der Waals surface area contributed by atoms with Gasteiger partial charge in [-0.1, -0.05) is 51.1 Å². The molecule has 1 heterocycles. The van der Waals surface area contributed by atoms with Gasteiger partial charge in [-0.15, -0.1) is 0 Å². The van der Waals surface area contributed by atoms with Crippen LogP contribution in [0.2, 0.25) is 0 Å². The van der Waals surface area contributed by atoms with Crippen molar-refractivity contribution in [3.63, 3.8) is 0 Å². The number of hydrogen-bond donors (Lipinski definition) is 2. The Morgan fingerprint density at radius 1 is 1.16 bits per heavy atom. The van der Waals surface area contributed by atoms with Crippen LogP contribution in [0, 0.1) is 11.3 Å². The van der Waals surface area contributed by atoms with E-state index >= 15 is 0 Å². The first-order valence-electron chi connectivity index (χ1n) is 8.49. The Labute approximate surface area is 148 Å². The average Bonchev–Trinajstić information content (AvgIpc) is 2.97. The predicted molar refractivity (Wildman–Crippen MR) is 94.0 cm³/mol. The molecule has 0 aliphatic carbocycles. The number of carboxylic acids is 1. The van der Waals surface area contributed by atoms with Crippen LogP contribution in [0.15, 0.2) is 30.3 Å². The van der Waals surface area contributed by atoms with Crippen molar-refractivity contribution in [2.45, 2.75) is 33.1 Å². The molecule has 6 nitrogen and oxygen atoms in total. The van der Waals surface area contributed by atoms with E-state index in [-0.39, 0.29) is 36.2 Å². The van der Waals surface area contributed by atoms with Crippen LogP contribution in [-0.4, -0.2) is 47.4 Å². The predicted octanol–water partition coefficient (Wildman–Crippen LogP) is 1.87. The number of carbonyl (C=O) groups is 3. The van der Waals surface area contributed by atoms with Crippen molar-refractivity contribution in [3.8, 4) is 0 Å². The maximum Gasteiger partial charge on any atom is 0.308 e. The van der Waals surface area contributed by atoms with E-state index in [1.165, 1.54) is 4.90 Å². The third-order valence-electron chi connectivity index (χ3n) is 4.35. The monoisotopic (exact) mass is 346 g/mol. The van der Waals surface area contributed by atoms with E-state index in [4.69, 9.17) is 0 Å². The summed E-state index contributed by atoms with van der Waals surface area (Å²) in [5, 5.41) is 12.1. The molecule has 2 N–H and O–H groups in total. The quantitative estimate of drug-likeness (QED) is 0.852. The molecule has 2 atom stereocenters. The van der Waals surface area contributed by atoms with Crippen molar-refractivity contribution >= 4 is 17.8 Å². The molecule has 1 fully saturated rings. The molecule has 2 amide bonds. The van der Waals surface area contributed by atoms with Gasteiger partial charge >= 0.3 is 5.97 Å². The summed E-state index contributed by atoms with van der Waals surface area (Å²) in [6.45, 7) is 6.30. The normalized spacial score (nSPS) is 20.4. The van der Waals surface area contributed by atoms with E-state index in [1.807, 2.05) is 51.1 Å². The Morgan fingerprint density at radius 2 is 1.80 bits per heavy atom. The summed E-state index contributed by atoms with van der Waals surface area (Å²) in [6, 6.07) is 9.39. The Bertz CT molecular complexity index is 637. The topological polar surface area (TPSA) is 86.7 Å². The highest BCUT2D eigenvalue weighted by Crippen LogP contribution is 2.32. The van der Waals surface area contributed by atoms with Crippen LogP contribution in [-0.2, 0) is 14.4 Å². The first-order chi connectivity index (χ1) is 11.7. The summed E-state index contributed by atoms with van der Waals surface area (Å²) in [5.41, 5.74) is 0.773. The van der Waals surface area contributed by atoms with Gasteiger partial charge in [0.05, 0.1) is 12.5 Å². The number of carboxylic acid groups (broad SMARTS) is 1. The molecule has 1 aromatic carbocycles. The van der Waals surface area contributed by atoms with Crippen molar-refractivity contribution < 1.29 is 19.5 Å². The van der Waals surface area contributed by atoms with Crippen molar-refractivity contribution in [3.05, 3.63) is 35.9 Å². The van der Waals surface area contributed by atoms with Gasteiger partial charge in [0.1, 0.15) is 0 Å². The first kappa shape index (κ1) is 19.0. The number of amides is 2. The van der Waals surface area contributed by atoms with E-state index in [0.717, 1.165) is 5.56 Å². The van der Waals surface area contributed by atoms with Gasteiger partial charge in [0.15, 0.2) is 0 Å². The third-order valence-corrected chi connectivity index (χ3v) is 4.35. The second-order valence-electron chi connectivity index (χ2n) is 7.77. The van der Waals surface area contributed by atoms with E-state index in [2.05, 4.69) is 5.32 Å². The summed E-state index contributed by atoms with van der Waals surface area (Å²) in [7, 11) is 0. The average molecular weight is 346 g/mol. The molecule has 0 aromatic heterocycles. The maximum absolute atomic E-state index is 12.4. The zero-order valence-corrected chi connectivity index (χ0v) is 15.0. The lowest BCUT2D eigenvalue weighted by molar-refractivity contribution is -0.142. The van der Waals surface area contributed by atoms with Crippen LogP contribution >= 0.6 is 0 Å². The minimum absolute atomic E-state index is 0.0945. The number of rotatable bonds is 5. The molecule has 25 heavy (non-hydrogen) atoms. The Kier molecular flexibility index (Phi) is 5.82. The van der Waals surface area contributed by atoms with Crippen LogP contribution < -0.4 is 5.32 Å². The SMILES string of the molecule is CC(C)(C)CC(=O)NCC(=O)N1CC(C(=O)O)C(c2ccccc2)C1. The number of nitrogens with zero attached hydrogens (tertiary/aromatic N) is 1. The maximum atomic E-state index is 12.4. The number of aliphatic carboxylic acids is 1. The number of hydrogen-bond acceptors (Lipinski definition) is 3. The van der Waals surface area contributed by atoms with Gasteiger partial charge < -0.3 is 15.3 Å². The highest BCUT2D eigenvalue weighted by Gasteiger charge is 2.40. The molecule has 1 aliphatic heterocycles. The molecule has 1 aliphatic rings. The summed E-state index contributed by atoms with van der Waals surface area (Å²) >= 11 is 0. The molecule has 2 unspecified atom stereocenters. The largest absolute Gasteiger partial charge is 0.481 e. The number of likely N-dealkylation sites (tertiary alicyclic amines) is 1. The molecule has 136 valence electrons. The lowest BCUT2D eigenvalue weighted by atomic mass is 9.89. The van der Waals surface area contributed by atoms with E-state index in [0.29, 0.717) is 13.0 Å². The molecular formula is C19H26N2O4. The van der Waals surface area contributed by atoms with Gasteiger partial charge in [0, 0.05) is 25.4 Å². The van der Waals surface area contributed by atoms with Gasteiger partial charge in [0.2, 0.25) is 11.8 Å². The second-order valence-corrected chi connectivity index (χ2v) is 7.77. The summed E-state index contributed by atoms with van der Waals surface area (Å²) < 4.78 is 0. The molecule has 0 radical (unpaired) electrons. The van der Waals surface area contributed by atoms with Crippen LogP contribution in [0.5, 0.6) is 0 Å². The number of benzene rings is 1. The Balaban J connectivity index is 1.97. The fourth-order valence-electron chi connectivity index (χ4n) is 3.13. The van der Waals surface area contributed by atoms with Crippen LogP contribution in [0.3, 0.4) is 0 Å². The van der Waals surface area contributed by atoms with Gasteiger partial charge in [-0.25, -0.2) is 0 Å². The highest BCUT2D eigenvalue weighted by atomic mass is 16.4. The van der Waals surface area contributed by atoms with Crippen molar-refractivity contribution in [2.75, 3.05) is 19.6 Å². The summed E-state index contributed by atoms with van der Waals surface area (Å²) in [6.07, 6.45) is 0.338. The van der Waals surface area contributed by atoms with Gasteiger partial charge in [0.25, 0.3) is 0 Å². The van der Waals surface area contributed by atoms with Crippen molar-refractivity contribution in [2.24, 2.45) is 11.3 Å². The fourth-order valence-corrected chi connectivity index (χ4v) is 3.13. The van der Waals surface area contributed by atoms with Gasteiger partial charge in [-0.05, 0) is 11.0 Å². The van der Waals surface area contributed by atoms with Gasteiger partial charge in [-0.2, -0.15) is 0 Å². The van der Waals surface area contributed by atoms with Crippen LogP contribution in [0.25, 0.3) is 0 Å². The van der Waals surface area contributed by atoms with Gasteiger partial charge in [-0.3, -0.25) is 14.4 Å². The minimum Gasteiger partial charge on any atom is -0.481 e. The molecule has 2 rings (SSSR count). The summed E-state index contributed by atoms with van der Waals surface area (Å²) in [4.78, 5) is 37.3. The lowest BCUT2D eigenvalue weighted by Crippen LogP contribution is -2.40. The van der Waals surface area contributed by atoms with Crippen LogP contribution in [0.4, 0.5) is 0 Å². The second kappa shape index (κ2) is 7.68. The lowest BCUT2D eigenvalue weighted by Gasteiger charge is -2.19. The smallest absolute Gasteiger partial charge is 0.308 e. The zero-order chi connectivity index (χ0) is 18.6. The highest BCUT2D eigenvalue weighted by molar-refractivity contribution is 5.86. The van der Waals surface area contributed by atoms with E-state index < -0.39 is 11.9 Å². The third kappa shape index (κ3) is 5.31. The molecule has 0 saturated carbocycles.